The van der Waals surface area contributed by atoms with E-state index >= 15 is 0 Å². The maximum atomic E-state index is 13.7. The Bertz CT molecular complexity index is 1050. The first-order valence-electron chi connectivity index (χ1n) is 16.2. The number of esters is 1. The number of rotatable bonds is 16. The Morgan fingerprint density at radius 2 is 1.25 bits per heavy atom. The molecule has 1 rings (SSSR count). The van der Waals surface area contributed by atoms with E-state index in [1.165, 1.54) is 0 Å². The van der Waals surface area contributed by atoms with Crippen molar-refractivity contribution in [2.45, 2.75) is 142 Å². The van der Waals surface area contributed by atoms with Gasteiger partial charge < -0.3 is 22.4 Å². The number of ether oxygens (including phenoxy) is 1. The van der Waals surface area contributed by atoms with Crippen LogP contribution >= 0.6 is 0 Å². The summed E-state index contributed by atoms with van der Waals surface area (Å²) in [5, 5.41) is 0.0903. The Morgan fingerprint density at radius 1 is 0.727 bits per heavy atom. The number of carbonyl (C=O) groups is 1. The summed E-state index contributed by atoms with van der Waals surface area (Å²) < 4.78 is 33.4. The van der Waals surface area contributed by atoms with E-state index in [0.29, 0.717) is 18.8 Å². The molecule has 0 unspecified atom stereocenters. The van der Waals surface area contributed by atoms with Crippen LogP contribution in [0.1, 0.15) is 58.8 Å². The quantitative estimate of drug-likeness (QED) is 0.0983. The predicted molar refractivity (Wildman–Crippen MR) is 197 cm³/mol. The highest BCUT2D eigenvalue weighted by Gasteiger charge is 2.46. The first-order chi connectivity index (χ1) is 19.7. The van der Waals surface area contributed by atoms with Crippen LogP contribution in [0.2, 0.25) is 75.5 Å². The SMILES string of the molecule is C[C@@H](/C=C\CO[Si](C)(C)C(C)(C)C)[C@@H](O[Si](C)(C)C(C)(C)C)[C@H](OC(=O)c1ccccc1)[C@@H](CO[Si](C)(C)C)O[Si](C)(C)C. The van der Waals surface area contributed by atoms with Crippen LogP contribution in [-0.2, 0) is 22.4 Å². The third-order valence-corrected chi connectivity index (χ3v) is 19.7. The van der Waals surface area contributed by atoms with Gasteiger partial charge in [-0.2, -0.15) is 0 Å². The van der Waals surface area contributed by atoms with Crippen molar-refractivity contribution < 1.29 is 27.2 Å². The summed E-state index contributed by atoms with van der Waals surface area (Å²) in [6.45, 7) is 38.5. The summed E-state index contributed by atoms with van der Waals surface area (Å²) >= 11 is 0. The largest absolute Gasteiger partial charge is 0.453 e. The van der Waals surface area contributed by atoms with Crippen LogP contribution in [0.3, 0.4) is 0 Å². The molecular formula is C34H66O6Si4. The molecule has 6 nitrogen and oxygen atoms in total. The fraction of sp³-hybridized carbons (Fsp3) is 0.735. The smallest absolute Gasteiger partial charge is 0.338 e. The minimum Gasteiger partial charge on any atom is -0.453 e. The van der Waals surface area contributed by atoms with E-state index in [0.717, 1.165) is 0 Å². The molecule has 0 fully saturated rings. The lowest BCUT2D eigenvalue weighted by molar-refractivity contribution is -0.0841. The fourth-order valence-corrected chi connectivity index (χ4v) is 8.05. The van der Waals surface area contributed by atoms with Crippen LogP contribution < -0.4 is 0 Å². The van der Waals surface area contributed by atoms with Gasteiger partial charge in [0.2, 0.25) is 0 Å². The Hall–Kier alpha value is -0.862. The van der Waals surface area contributed by atoms with Crippen LogP contribution in [0.4, 0.5) is 0 Å². The topological polar surface area (TPSA) is 63.2 Å². The van der Waals surface area contributed by atoms with E-state index in [4.69, 9.17) is 22.4 Å². The molecule has 0 aliphatic carbocycles. The molecule has 4 atom stereocenters. The molecule has 0 bridgehead atoms. The van der Waals surface area contributed by atoms with Crippen molar-refractivity contribution >= 4 is 39.2 Å². The maximum absolute atomic E-state index is 13.7. The number of hydrogen-bond donors (Lipinski definition) is 0. The summed E-state index contributed by atoms with van der Waals surface area (Å²) in [5.74, 6) is -0.464. The molecule has 0 aromatic heterocycles. The van der Waals surface area contributed by atoms with Crippen LogP contribution in [0.5, 0.6) is 0 Å². The van der Waals surface area contributed by atoms with E-state index in [-0.39, 0.29) is 22.0 Å². The van der Waals surface area contributed by atoms with Gasteiger partial charge in [-0.1, -0.05) is 78.8 Å². The van der Waals surface area contributed by atoms with E-state index in [9.17, 15) is 4.79 Å². The Morgan fingerprint density at radius 3 is 1.70 bits per heavy atom. The average molecular weight is 683 g/mol. The van der Waals surface area contributed by atoms with Gasteiger partial charge in [-0.25, -0.2) is 4.79 Å². The van der Waals surface area contributed by atoms with E-state index in [2.05, 4.69) is 126 Å². The van der Waals surface area contributed by atoms with Gasteiger partial charge in [-0.15, -0.1) is 0 Å². The molecule has 254 valence electrons. The lowest BCUT2D eigenvalue weighted by Gasteiger charge is -2.45. The van der Waals surface area contributed by atoms with E-state index in [1.807, 2.05) is 18.2 Å². The molecule has 1 aromatic rings. The second kappa shape index (κ2) is 15.8. The van der Waals surface area contributed by atoms with Crippen molar-refractivity contribution in [3.05, 3.63) is 48.0 Å². The Kier molecular flexibility index (Phi) is 14.8. The molecule has 0 N–H and O–H groups in total. The molecular weight excluding hydrogens is 617 g/mol. The van der Waals surface area contributed by atoms with E-state index in [1.54, 1.807) is 12.1 Å². The molecule has 0 radical (unpaired) electrons. The van der Waals surface area contributed by atoms with Crippen molar-refractivity contribution in [1.82, 2.24) is 0 Å². The molecule has 10 heteroatoms. The van der Waals surface area contributed by atoms with Crippen LogP contribution in [0.15, 0.2) is 42.5 Å². The Labute approximate surface area is 275 Å². The molecule has 0 spiro atoms. The van der Waals surface area contributed by atoms with Gasteiger partial charge >= 0.3 is 5.97 Å². The minimum atomic E-state index is -2.32. The second-order valence-electron chi connectivity index (χ2n) is 17.1. The molecule has 0 aliphatic heterocycles. The monoisotopic (exact) mass is 682 g/mol. The Balaban J connectivity index is 3.68. The van der Waals surface area contributed by atoms with Gasteiger partial charge in [-0.3, -0.25) is 0 Å². The normalized spacial score (nSPS) is 16.9. The zero-order valence-corrected chi connectivity index (χ0v) is 35.2. The van der Waals surface area contributed by atoms with Gasteiger partial charge in [0.1, 0.15) is 6.10 Å². The molecule has 0 heterocycles. The van der Waals surface area contributed by atoms with Crippen molar-refractivity contribution in [3.8, 4) is 0 Å². The number of benzene rings is 1. The summed E-state index contributed by atoms with van der Waals surface area (Å²) in [4.78, 5) is 13.7. The summed E-state index contributed by atoms with van der Waals surface area (Å²) in [7, 11) is -8.21. The zero-order chi connectivity index (χ0) is 34.4. The minimum absolute atomic E-state index is 0.0436. The highest BCUT2D eigenvalue weighted by atomic mass is 28.4. The summed E-state index contributed by atoms with van der Waals surface area (Å²) in [5.41, 5.74) is 0.507. The third kappa shape index (κ3) is 13.9. The highest BCUT2D eigenvalue weighted by molar-refractivity contribution is 6.74. The van der Waals surface area contributed by atoms with Crippen molar-refractivity contribution in [2.24, 2.45) is 5.92 Å². The third-order valence-electron chi connectivity index (χ3n) is 8.67. The average Bonchev–Trinajstić information content (AvgIpc) is 2.84. The van der Waals surface area contributed by atoms with Crippen LogP contribution in [0, 0.1) is 5.92 Å². The van der Waals surface area contributed by atoms with Crippen molar-refractivity contribution in [2.75, 3.05) is 13.2 Å². The lowest BCUT2D eigenvalue weighted by Crippen LogP contribution is -2.56. The van der Waals surface area contributed by atoms with Gasteiger partial charge in [0.05, 0.1) is 24.9 Å². The van der Waals surface area contributed by atoms with Crippen molar-refractivity contribution in [1.29, 1.82) is 0 Å². The molecule has 1 aromatic carbocycles. The standard InChI is InChI=1S/C34H66O6Si4/c1-27(22-21-25-36-43(14,15)33(2,3)4)30(40-44(16,17)34(5,6)7)31(38-32(35)28-23-19-18-20-24-28)29(39-42(11,12)13)26-37-41(8,9)10/h18-24,27,29-31H,25-26H2,1-17H3/b22-21-/t27-,29+,30+,31+/m0/s1. The molecule has 0 amide bonds. The lowest BCUT2D eigenvalue weighted by atomic mass is 9.95. The first kappa shape index (κ1) is 41.2. The first-order valence-corrected chi connectivity index (χ1v) is 28.9. The summed E-state index contributed by atoms with van der Waals surface area (Å²) in [6.07, 6.45) is 2.67. The molecule has 0 saturated carbocycles. The predicted octanol–water partition coefficient (Wildman–Crippen LogP) is 9.89. The fourth-order valence-electron chi connectivity index (χ4n) is 3.95. The number of hydrogen-bond acceptors (Lipinski definition) is 6. The van der Waals surface area contributed by atoms with Gasteiger partial charge in [0.15, 0.2) is 39.4 Å². The molecule has 0 saturated heterocycles. The van der Waals surface area contributed by atoms with Crippen LogP contribution in [-0.4, -0.2) is 70.8 Å². The molecule has 0 aliphatic rings. The van der Waals surface area contributed by atoms with Gasteiger partial charge in [-0.05, 0) is 87.7 Å². The van der Waals surface area contributed by atoms with Crippen LogP contribution in [0.25, 0.3) is 0 Å². The van der Waals surface area contributed by atoms with Crippen molar-refractivity contribution in [3.63, 3.8) is 0 Å². The van der Waals surface area contributed by atoms with E-state index < -0.39 is 51.6 Å². The zero-order valence-electron chi connectivity index (χ0n) is 31.2. The summed E-state index contributed by atoms with van der Waals surface area (Å²) in [6, 6.07) is 9.19. The number of carbonyl (C=O) groups excluding carboxylic acids is 1. The molecule has 44 heavy (non-hydrogen) atoms. The maximum Gasteiger partial charge on any atom is 0.338 e. The second-order valence-corrected chi connectivity index (χ2v) is 35.7. The highest BCUT2D eigenvalue weighted by Crippen LogP contribution is 2.40. The van der Waals surface area contributed by atoms with Gasteiger partial charge in [0.25, 0.3) is 0 Å². The van der Waals surface area contributed by atoms with Gasteiger partial charge in [0, 0.05) is 5.92 Å².